The molecule has 0 atom stereocenters. The third-order valence-corrected chi connectivity index (χ3v) is 10.9. The molecule has 7 heteroatoms. The number of hydrogen-bond donors (Lipinski definition) is 0. The molecule has 0 aromatic heterocycles. The van der Waals surface area contributed by atoms with Crippen molar-refractivity contribution in [1.29, 1.82) is 0 Å². The van der Waals surface area contributed by atoms with Crippen LogP contribution in [0.5, 0.6) is 5.75 Å². The van der Waals surface area contributed by atoms with E-state index in [0.717, 1.165) is 38.5 Å². The minimum atomic E-state index is -1.75. The van der Waals surface area contributed by atoms with E-state index in [-0.39, 0.29) is 17.1 Å². The van der Waals surface area contributed by atoms with Crippen LogP contribution in [0.4, 0.5) is 0 Å². The molecule has 0 bridgehead atoms. The zero-order valence-corrected chi connectivity index (χ0v) is 21.2. The third-order valence-electron chi connectivity index (χ3n) is 6.35. The molecule has 1 aliphatic carbocycles. The van der Waals surface area contributed by atoms with Crippen LogP contribution in [-0.4, -0.2) is 47.2 Å². The predicted molar refractivity (Wildman–Crippen MR) is 124 cm³/mol. The Hall–Kier alpha value is -1.41. The molecule has 1 fully saturated rings. The average Bonchev–Trinajstić information content (AvgIpc) is 2.69. The number of hydrogen-bond acceptors (Lipinski definition) is 6. The molecule has 1 aliphatic rings. The van der Waals surface area contributed by atoms with E-state index >= 15 is 0 Å². The summed E-state index contributed by atoms with van der Waals surface area (Å²) in [5.41, 5.74) is 0.514. The van der Waals surface area contributed by atoms with Gasteiger partial charge in [0.15, 0.2) is 8.32 Å². The highest BCUT2D eigenvalue weighted by Gasteiger charge is 2.39. The first-order valence-electron chi connectivity index (χ1n) is 11.3. The molecule has 6 nitrogen and oxygen atoms in total. The third kappa shape index (κ3) is 7.90. The molecule has 0 saturated heterocycles. The first-order valence-corrected chi connectivity index (χ1v) is 14.2. The molecule has 0 radical (unpaired) electrons. The van der Waals surface area contributed by atoms with E-state index in [1.165, 1.54) is 14.2 Å². The Morgan fingerprint density at radius 1 is 0.935 bits per heavy atom. The first-order chi connectivity index (χ1) is 14.6. The van der Waals surface area contributed by atoms with Gasteiger partial charge >= 0.3 is 12.4 Å². The van der Waals surface area contributed by atoms with Gasteiger partial charge in [0, 0.05) is 20.3 Å². The van der Waals surface area contributed by atoms with Crippen molar-refractivity contribution in [3.63, 3.8) is 0 Å². The lowest BCUT2D eigenvalue weighted by atomic mass is 9.96. The summed E-state index contributed by atoms with van der Waals surface area (Å²) in [6.45, 7) is 10.7. The average molecular weight is 453 g/mol. The Kier molecular flexibility index (Phi) is 9.55. The van der Waals surface area contributed by atoms with Gasteiger partial charge in [0.2, 0.25) is 0 Å². The zero-order valence-electron chi connectivity index (χ0n) is 20.2. The van der Waals surface area contributed by atoms with Gasteiger partial charge in [-0.1, -0.05) is 20.8 Å². The van der Waals surface area contributed by atoms with Gasteiger partial charge in [-0.15, -0.1) is 0 Å². The van der Waals surface area contributed by atoms with Crippen LogP contribution in [0.3, 0.4) is 0 Å². The lowest BCUT2D eigenvalue weighted by Gasteiger charge is -2.40. The summed E-state index contributed by atoms with van der Waals surface area (Å²) in [4.78, 5) is 12.6. The highest BCUT2D eigenvalue weighted by atomic mass is 28.4. The molecule has 0 unspecified atom stereocenters. The minimum absolute atomic E-state index is 0.0383. The highest BCUT2D eigenvalue weighted by molar-refractivity contribution is 6.74. The van der Waals surface area contributed by atoms with Crippen LogP contribution in [0.15, 0.2) is 24.3 Å². The molecule has 2 rings (SSSR count). The Morgan fingerprint density at radius 2 is 1.45 bits per heavy atom. The van der Waals surface area contributed by atoms with Gasteiger partial charge in [-0.05, 0) is 80.9 Å². The second-order valence-corrected chi connectivity index (χ2v) is 14.5. The topological polar surface area (TPSA) is 63.2 Å². The Labute approximate surface area is 188 Å². The van der Waals surface area contributed by atoms with Gasteiger partial charge in [0.1, 0.15) is 11.9 Å². The SMILES string of the molecule is COC(OC)Oc1ccc(C(=O)OC2CCCC(O[Si](C)(C)C(C)(C)C)CCC2)cc1. The van der Waals surface area contributed by atoms with E-state index in [2.05, 4.69) is 33.9 Å². The quantitative estimate of drug-likeness (QED) is 0.277. The second-order valence-electron chi connectivity index (χ2n) is 9.79. The van der Waals surface area contributed by atoms with E-state index in [9.17, 15) is 4.79 Å². The van der Waals surface area contributed by atoms with E-state index in [4.69, 9.17) is 23.4 Å². The molecule has 0 N–H and O–H groups in total. The van der Waals surface area contributed by atoms with Crippen LogP contribution < -0.4 is 4.74 Å². The smallest absolute Gasteiger partial charge is 0.338 e. The van der Waals surface area contributed by atoms with Crippen molar-refractivity contribution in [2.45, 2.75) is 96.1 Å². The van der Waals surface area contributed by atoms with E-state index < -0.39 is 14.8 Å². The van der Waals surface area contributed by atoms with E-state index in [1.807, 2.05) is 0 Å². The van der Waals surface area contributed by atoms with E-state index in [0.29, 0.717) is 17.4 Å². The zero-order chi connectivity index (χ0) is 23.1. The standard InChI is InChI=1S/C24H40O6Si/c1-24(2,3)31(6,7)30-21-12-8-10-19(11-9-13-21)28-22(25)18-14-16-20(17-15-18)29-23(26-4)27-5/h14-17,19,21,23H,8-13H2,1-7H3. The van der Waals surface area contributed by atoms with Crippen molar-refractivity contribution in [3.05, 3.63) is 29.8 Å². The summed E-state index contributed by atoms with van der Waals surface area (Å²) >= 11 is 0. The number of ether oxygens (including phenoxy) is 4. The Balaban J connectivity index is 1.84. The maximum absolute atomic E-state index is 12.6. The number of benzene rings is 1. The monoisotopic (exact) mass is 452 g/mol. The van der Waals surface area contributed by atoms with Crippen LogP contribution in [0.2, 0.25) is 18.1 Å². The fourth-order valence-corrected chi connectivity index (χ4v) is 4.88. The number of carbonyl (C=O) groups excluding carboxylic acids is 1. The van der Waals surface area contributed by atoms with Gasteiger partial charge < -0.3 is 23.4 Å². The summed E-state index contributed by atoms with van der Waals surface area (Å²) in [6, 6.07) is 6.82. The van der Waals surface area contributed by atoms with Gasteiger partial charge in [-0.3, -0.25) is 0 Å². The van der Waals surface area contributed by atoms with Gasteiger partial charge in [0.25, 0.3) is 0 Å². The van der Waals surface area contributed by atoms with Crippen LogP contribution in [0, 0.1) is 0 Å². The molecule has 1 aromatic rings. The predicted octanol–water partition coefficient (Wildman–Crippen LogP) is 5.91. The Morgan fingerprint density at radius 3 is 1.94 bits per heavy atom. The lowest BCUT2D eigenvalue weighted by Crippen LogP contribution is -2.44. The highest BCUT2D eigenvalue weighted by Crippen LogP contribution is 2.38. The van der Waals surface area contributed by atoms with Gasteiger partial charge in [-0.25, -0.2) is 4.79 Å². The van der Waals surface area contributed by atoms with E-state index in [1.54, 1.807) is 24.3 Å². The summed E-state index contributed by atoms with van der Waals surface area (Å²) in [5.74, 6) is 0.269. The van der Waals surface area contributed by atoms with Crippen LogP contribution in [-0.2, 0) is 18.6 Å². The first kappa shape index (κ1) is 25.8. The van der Waals surface area contributed by atoms with Gasteiger partial charge in [0.05, 0.1) is 5.56 Å². The lowest BCUT2D eigenvalue weighted by molar-refractivity contribution is -0.219. The molecule has 0 amide bonds. The molecular weight excluding hydrogens is 412 g/mol. The fourth-order valence-electron chi connectivity index (χ4n) is 3.46. The molecule has 0 spiro atoms. The molecule has 31 heavy (non-hydrogen) atoms. The summed E-state index contributed by atoms with van der Waals surface area (Å²) in [5, 5.41) is 0.224. The number of methoxy groups -OCH3 is 2. The maximum atomic E-state index is 12.6. The molecule has 0 aliphatic heterocycles. The van der Waals surface area contributed by atoms with Crippen molar-refractivity contribution in [2.75, 3.05) is 14.2 Å². The van der Waals surface area contributed by atoms with Crippen LogP contribution >= 0.6 is 0 Å². The number of esters is 1. The van der Waals surface area contributed by atoms with Crippen LogP contribution in [0.1, 0.15) is 69.7 Å². The van der Waals surface area contributed by atoms with Crippen molar-refractivity contribution in [2.24, 2.45) is 0 Å². The van der Waals surface area contributed by atoms with Gasteiger partial charge in [-0.2, -0.15) is 0 Å². The van der Waals surface area contributed by atoms with Crippen molar-refractivity contribution in [1.82, 2.24) is 0 Å². The molecule has 1 saturated carbocycles. The minimum Gasteiger partial charge on any atom is -0.459 e. The van der Waals surface area contributed by atoms with Crippen molar-refractivity contribution >= 4 is 14.3 Å². The molecular formula is C24H40O6Si. The largest absolute Gasteiger partial charge is 0.459 e. The fraction of sp³-hybridized carbons (Fsp3) is 0.708. The second kappa shape index (κ2) is 11.5. The summed E-state index contributed by atoms with van der Waals surface area (Å²) < 4.78 is 27.9. The Bertz CT molecular complexity index is 668. The van der Waals surface area contributed by atoms with Crippen LogP contribution in [0.25, 0.3) is 0 Å². The maximum Gasteiger partial charge on any atom is 0.338 e. The number of carbonyl (C=O) groups is 1. The molecule has 0 heterocycles. The number of rotatable bonds is 8. The molecule has 176 valence electrons. The summed E-state index contributed by atoms with van der Waals surface area (Å²) in [7, 11) is 1.24. The molecule has 1 aromatic carbocycles. The van der Waals surface area contributed by atoms with Crippen molar-refractivity contribution < 1.29 is 28.2 Å². The summed E-state index contributed by atoms with van der Waals surface area (Å²) in [6.07, 6.45) is 6.15. The van der Waals surface area contributed by atoms with Crippen molar-refractivity contribution in [3.8, 4) is 5.75 Å². The normalized spacial score (nSPS) is 20.8.